The average molecular weight is 318 g/mol. The van der Waals surface area contributed by atoms with Gasteiger partial charge < -0.3 is 10.4 Å². The van der Waals surface area contributed by atoms with Gasteiger partial charge in [0.1, 0.15) is 6.04 Å². The highest BCUT2D eigenvalue weighted by Crippen LogP contribution is 2.22. The van der Waals surface area contributed by atoms with Crippen molar-refractivity contribution in [1.29, 1.82) is 0 Å². The van der Waals surface area contributed by atoms with E-state index in [2.05, 4.69) is 21.2 Å². The Kier molecular flexibility index (Phi) is 6.62. The number of carboxylic acids is 1. The van der Waals surface area contributed by atoms with Gasteiger partial charge in [-0.1, -0.05) is 28.9 Å². The van der Waals surface area contributed by atoms with Crippen LogP contribution in [0.15, 0.2) is 33.6 Å². The highest BCUT2D eigenvalue weighted by molar-refractivity contribution is 9.10. The van der Waals surface area contributed by atoms with Crippen molar-refractivity contribution in [1.82, 2.24) is 5.32 Å². The molecule has 2 N–H and O–H groups in total. The van der Waals surface area contributed by atoms with Crippen molar-refractivity contribution in [3.05, 3.63) is 28.7 Å². The van der Waals surface area contributed by atoms with Gasteiger partial charge in [-0.2, -0.15) is 0 Å². The van der Waals surface area contributed by atoms with Crippen LogP contribution in [0, 0.1) is 0 Å². The molecule has 0 radical (unpaired) electrons. The van der Waals surface area contributed by atoms with Gasteiger partial charge in [0, 0.05) is 15.1 Å². The molecule has 1 aromatic carbocycles. The molecule has 0 aliphatic rings. The zero-order valence-electron chi connectivity index (χ0n) is 9.65. The average Bonchev–Trinajstić information content (AvgIpc) is 2.28. The normalized spacial score (nSPS) is 12.4. The highest BCUT2D eigenvalue weighted by atomic mass is 79.9. The van der Waals surface area contributed by atoms with E-state index in [9.17, 15) is 4.79 Å². The summed E-state index contributed by atoms with van der Waals surface area (Å²) in [5.74, 6) is 0.0159. The van der Waals surface area contributed by atoms with Gasteiger partial charge in [-0.25, -0.2) is 0 Å². The monoisotopic (exact) mass is 317 g/mol. The molecule has 0 bridgehead atoms. The fraction of sp³-hybridized carbons (Fsp3) is 0.417. The highest BCUT2D eigenvalue weighted by Gasteiger charge is 2.15. The lowest BCUT2D eigenvalue weighted by molar-refractivity contribution is -0.139. The van der Waals surface area contributed by atoms with E-state index in [0.717, 1.165) is 15.1 Å². The van der Waals surface area contributed by atoms with Crippen molar-refractivity contribution in [3.63, 3.8) is 0 Å². The van der Waals surface area contributed by atoms with Gasteiger partial charge in [0.05, 0.1) is 0 Å². The SMILES string of the molecule is CCNC(CCSc1cccc(Br)c1)C(=O)O. The summed E-state index contributed by atoms with van der Waals surface area (Å²) in [5, 5.41) is 11.9. The van der Waals surface area contributed by atoms with Crippen molar-refractivity contribution in [2.24, 2.45) is 0 Å². The lowest BCUT2D eigenvalue weighted by atomic mass is 10.2. The largest absolute Gasteiger partial charge is 0.480 e. The first-order chi connectivity index (χ1) is 8.13. The predicted molar refractivity (Wildman–Crippen MR) is 74.6 cm³/mol. The molecule has 5 heteroatoms. The number of carbonyl (C=O) groups is 1. The molecular weight excluding hydrogens is 302 g/mol. The Morgan fingerprint density at radius 3 is 2.94 bits per heavy atom. The molecule has 0 aromatic heterocycles. The van der Waals surface area contributed by atoms with Crippen LogP contribution in [0.25, 0.3) is 0 Å². The van der Waals surface area contributed by atoms with Crippen molar-refractivity contribution >= 4 is 33.7 Å². The molecule has 1 atom stereocenters. The molecule has 0 spiro atoms. The van der Waals surface area contributed by atoms with Gasteiger partial charge >= 0.3 is 5.97 Å². The number of thioether (sulfide) groups is 1. The molecule has 1 aromatic rings. The molecule has 17 heavy (non-hydrogen) atoms. The van der Waals surface area contributed by atoms with Crippen LogP contribution in [0.5, 0.6) is 0 Å². The van der Waals surface area contributed by atoms with Gasteiger partial charge in [0.15, 0.2) is 0 Å². The Morgan fingerprint density at radius 1 is 1.59 bits per heavy atom. The summed E-state index contributed by atoms with van der Waals surface area (Å²) in [6, 6.07) is 7.57. The van der Waals surface area contributed by atoms with Crippen molar-refractivity contribution in [3.8, 4) is 0 Å². The fourth-order valence-electron chi connectivity index (χ4n) is 1.41. The van der Waals surface area contributed by atoms with Crippen molar-refractivity contribution in [2.45, 2.75) is 24.3 Å². The number of likely N-dealkylation sites (N-methyl/N-ethyl adjacent to an activating group) is 1. The van der Waals surface area contributed by atoms with Gasteiger partial charge in [-0.15, -0.1) is 11.8 Å². The Bertz CT molecular complexity index is 373. The van der Waals surface area contributed by atoms with Crippen LogP contribution in [0.1, 0.15) is 13.3 Å². The first-order valence-electron chi connectivity index (χ1n) is 5.48. The van der Waals surface area contributed by atoms with Crippen molar-refractivity contribution < 1.29 is 9.90 Å². The third-order valence-electron chi connectivity index (χ3n) is 2.22. The number of benzene rings is 1. The lowest BCUT2D eigenvalue weighted by Crippen LogP contribution is -2.36. The maximum Gasteiger partial charge on any atom is 0.320 e. The maximum atomic E-state index is 10.9. The third kappa shape index (κ3) is 5.57. The van der Waals surface area contributed by atoms with Crippen LogP contribution < -0.4 is 5.32 Å². The van der Waals surface area contributed by atoms with Gasteiger partial charge in [0.25, 0.3) is 0 Å². The summed E-state index contributed by atoms with van der Waals surface area (Å²) in [5.41, 5.74) is 0. The number of hydrogen-bond donors (Lipinski definition) is 2. The number of hydrogen-bond acceptors (Lipinski definition) is 3. The van der Waals surface area contributed by atoms with E-state index < -0.39 is 12.0 Å². The summed E-state index contributed by atoms with van der Waals surface area (Å²) in [4.78, 5) is 12.1. The molecule has 94 valence electrons. The van der Waals surface area contributed by atoms with E-state index in [-0.39, 0.29) is 0 Å². The van der Waals surface area contributed by atoms with E-state index in [1.54, 1.807) is 11.8 Å². The van der Waals surface area contributed by atoms with Gasteiger partial charge in [0.2, 0.25) is 0 Å². The quantitative estimate of drug-likeness (QED) is 0.759. The number of aliphatic carboxylic acids is 1. The van der Waals surface area contributed by atoms with Crippen molar-refractivity contribution in [2.75, 3.05) is 12.3 Å². The summed E-state index contributed by atoms with van der Waals surface area (Å²) < 4.78 is 1.05. The van der Waals surface area contributed by atoms with Gasteiger partial charge in [-0.05, 0) is 31.2 Å². The maximum absolute atomic E-state index is 10.9. The van der Waals surface area contributed by atoms with E-state index >= 15 is 0 Å². The van der Waals surface area contributed by atoms with Crippen LogP contribution in [0.3, 0.4) is 0 Å². The molecule has 0 aliphatic heterocycles. The molecular formula is C12H16BrNO2S. The summed E-state index contributed by atoms with van der Waals surface area (Å²) in [6.45, 7) is 2.59. The zero-order valence-corrected chi connectivity index (χ0v) is 12.1. The number of nitrogens with one attached hydrogen (secondary N) is 1. The Labute approximate surface area is 114 Å². The molecule has 1 unspecified atom stereocenters. The van der Waals surface area contributed by atoms with E-state index in [0.29, 0.717) is 13.0 Å². The minimum Gasteiger partial charge on any atom is -0.480 e. The minimum absolute atomic E-state index is 0.445. The Morgan fingerprint density at radius 2 is 2.35 bits per heavy atom. The second-order valence-corrected chi connectivity index (χ2v) is 5.63. The second-order valence-electron chi connectivity index (χ2n) is 3.54. The molecule has 0 aliphatic carbocycles. The molecule has 0 amide bonds. The first kappa shape index (κ1) is 14.5. The molecule has 0 saturated carbocycles. The smallest absolute Gasteiger partial charge is 0.320 e. The molecule has 0 saturated heterocycles. The lowest BCUT2D eigenvalue weighted by Gasteiger charge is -2.12. The van der Waals surface area contributed by atoms with Crippen LogP contribution in [-0.2, 0) is 4.79 Å². The first-order valence-corrected chi connectivity index (χ1v) is 7.26. The van der Waals surface area contributed by atoms with E-state index in [1.807, 2.05) is 31.2 Å². The number of halogens is 1. The van der Waals surface area contributed by atoms with Gasteiger partial charge in [-0.3, -0.25) is 4.79 Å². The fourth-order valence-corrected chi connectivity index (χ4v) is 2.94. The van der Waals surface area contributed by atoms with Crippen LogP contribution in [-0.4, -0.2) is 29.4 Å². The van der Waals surface area contributed by atoms with Crippen LogP contribution >= 0.6 is 27.7 Å². The van der Waals surface area contributed by atoms with Crippen LogP contribution in [0.2, 0.25) is 0 Å². The second kappa shape index (κ2) is 7.74. The van der Waals surface area contributed by atoms with Crippen LogP contribution in [0.4, 0.5) is 0 Å². The predicted octanol–water partition coefficient (Wildman–Crippen LogP) is 2.99. The molecule has 1 rings (SSSR count). The Hall–Kier alpha value is -0.520. The number of rotatable bonds is 7. The topological polar surface area (TPSA) is 49.3 Å². The zero-order chi connectivity index (χ0) is 12.7. The van der Waals surface area contributed by atoms with E-state index in [1.165, 1.54) is 0 Å². The number of carboxylic acid groups (broad SMARTS) is 1. The Balaban J connectivity index is 2.38. The molecule has 0 fully saturated rings. The van der Waals surface area contributed by atoms with E-state index in [4.69, 9.17) is 5.11 Å². The standard InChI is InChI=1S/C12H16BrNO2S/c1-2-14-11(12(15)16)6-7-17-10-5-3-4-9(13)8-10/h3-5,8,11,14H,2,6-7H2,1H3,(H,15,16). The summed E-state index contributed by atoms with van der Waals surface area (Å²) >= 11 is 5.08. The summed E-state index contributed by atoms with van der Waals surface area (Å²) in [7, 11) is 0. The molecule has 0 heterocycles. The minimum atomic E-state index is -0.776. The third-order valence-corrected chi connectivity index (χ3v) is 3.74. The summed E-state index contributed by atoms with van der Waals surface area (Å²) in [6.07, 6.45) is 0.625. The molecule has 3 nitrogen and oxygen atoms in total.